The Labute approximate surface area is 104 Å². The van der Waals surface area contributed by atoms with Gasteiger partial charge in [-0.1, -0.05) is 13.8 Å². The van der Waals surface area contributed by atoms with Gasteiger partial charge in [-0.05, 0) is 24.7 Å². The van der Waals surface area contributed by atoms with Crippen molar-refractivity contribution in [3.63, 3.8) is 0 Å². The summed E-state index contributed by atoms with van der Waals surface area (Å²) in [6.45, 7) is 6.53. The van der Waals surface area contributed by atoms with Crippen LogP contribution >= 0.6 is 12.6 Å². The first-order valence-corrected chi connectivity index (χ1v) is 6.53. The number of likely N-dealkylation sites (tertiary alicyclic amines) is 1. The molecule has 3 nitrogen and oxygen atoms in total. The number of carbonyl (C=O) groups excluding carboxylic acids is 1. The maximum atomic E-state index is 12.1. The van der Waals surface area contributed by atoms with Gasteiger partial charge < -0.3 is 9.64 Å². The Morgan fingerprint density at radius 3 is 2.81 bits per heavy atom. The van der Waals surface area contributed by atoms with Crippen molar-refractivity contribution in [1.29, 1.82) is 0 Å². The Morgan fingerprint density at radius 2 is 2.25 bits per heavy atom. The van der Waals surface area contributed by atoms with Crippen molar-refractivity contribution < 1.29 is 9.53 Å². The molecule has 0 aromatic heterocycles. The van der Waals surface area contributed by atoms with Crippen molar-refractivity contribution in [2.24, 2.45) is 11.8 Å². The average molecular weight is 245 g/mol. The maximum absolute atomic E-state index is 12.1. The summed E-state index contributed by atoms with van der Waals surface area (Å²) >= 11 is 4.39. The number of carbonyl (C=O) groups is 1. The highest BCUT2D eigenvalue weighted by molar-refractivity contribution is 7.81. The predicted octanol–water partition coefficient (Wildman–Crippen LogP) is 1.83. The number of hydrogen-bond donors (Lipinski definition) is 1. The molecule has 16 heavy (non-hydrogen) atoms. The third-order valence-corrected chi connectivity index (χ3v) is 3.93. The van der Waals surface area contributed by atoms with Crippen LogP contribution in [0.4, 0.5) is 0 Å². The molecule has 0 radical (unpaired) electrons. The predicted molar refractivity (Wildman–Crippen MR) is 68.8 cm³/mol. The molecule has 1 aliphatic heterocycles. The summed E-state index contributed by atoms with van der Waals surface area (Å²) in [6.07, 6.45) is 2.24. The monoisotopic (exact) mass is 245 g/mol. The molecule has 0 N–H and O–H groups in total. The van der Waals surface area contributed by atoms with E-state index in [1.807, 2.05) is 18.7 Å². The fourth-order valence-corrected chi connectivity index (χ4v) is 2.27. The van der Waals surface area contributed by atoms with Crippen molar-refractivity contribution in [3.8, 4) is 0 Å². The zero-order chi connectivity index (χ0) is 12.1. The first-order chi connectivity index (χ1) is 7.56. The lowest BCUT2D eigenvalue weighted by Crippen LogP contribution is -2.45. The molecule has 2 unspecified atom stereocenters. The van der Waals surface area contributed by atoms with Crippen molar-refractivity contribution in [3.05, 3.63) is 0 Å². The van der Waals surface area contributed by atoms with Crippen LogP contribution in [0.1, 0.15) is 26.7 Å². The Kier molecular flexibility index (Phi) is 5.62. The summed E-state index contributed by atoms with van der Waals surface area (Å²) < 4.78 is 5.16. The Balaban J connectivity index is 2.49. The molecule has 4 heteroatoms. The van der Waals surface area contributed by atoms with Crippen molar-refractivity contribution in [1.82, 2.24) is 4.90 Å². The zero-order valence-electron chi connectivity index (χ0n) is 10.5. The smallest absolute Gasteiger partial charge is 0.235 e. The van der Waals surface area contributed by atoms with Gasteiger partial charge in [-0.25, -0.2) is 0 Å². The minimum absolute atomic E-state index is 0.165. The zero-order valence-corrected chi connectivity index (χ0v) is 11.4. The summed E-state index contributed by atoms with van der Waals surface area (Å²) in [7, 11) is 1.72. The van der Waals surface area contributed by atoms with Gasteiger partial charge in [0.1, 0.15) is 0 Å². The second-order valence-corrected chi connectivity index (χ2v) is 5.49. The van der Waals surface area contributed by atoms with Crippen LogP contribution in [0, 0.1) is 11.8 Å². The van der Waals surface area contributed by atoms with Crippen LogP contribution in [0.5, 0.6) is 0 Å². The molecule has 94 valence electrons. The molecule has 0 saturated carbocycles. The first-order valence-electron chi connectivity index (χ1n) is 6.02. The van der Waals surface area contributed by atoms with Gasteiger partial charge in [0, 0.05) is 20.2 Å². The normalized spacial score (nSPS) is 23.6. The molecular formula is C12H23NO2S. The van der Waals surface area contributed by atoms with Crippen LogP contribution in [-0.4, -0.2) is 42.9 Å². The quantitative estimate of drug-likeness (QED) is 0.766. The van der Waals surface area contributed by atoms with Gasteiger partial charge in [0.05, 0.1) is 11.9 Å². The van der Waals surface area contributed by atoms with E-state index in [-0.39, 0.29) is 11.2 Å². The fourth-order valence-electron chi connectivity index (χ4n) is 2.11. The Morgan fingerprint density at radius 1 is 1.56 bits per heavy atom. The van der Waals surface area contributed by atoms with Gasteiger partial charge >= 0.3 is 0 Å². The Bertz CT molecular complexity index is 231. The number of piperidine rings is 1. The van der Waals surface area contributed by atoms with Crippen molar-refractivity contribution in [2.75, 3.05) is 26.8 Å². The van der Waals surface area contributed by atoms with Gasteiger partial charge in [0.25, 0.3) is 0 Å². The molecule has 0 aromatic carbocycles. The third kappa shape index (κ3) is 3.67. The minimum Gasteiger partial charge on any atom is -0.384 e. The molecule has 0 spiro atoms. The van der Waals surface area contributed by atoms with Gasteiger partial charge in [-0.15, -0.1) is 0 Å². The molecule has 1 fully saturated rings. The number of hydrogen-bond acceptors (Lipinski definition) is 3. The molecule has 1 amide bonds. The third-order valence-electron chi connectivity index (χ3n) is 3.12. The summed E-state index contributed by atoms with van der Waals surface area (Å²) in [4.78, 5) is 14.0. The highest BCUT2D eigenvalue weighted by Crippen LogP contribution is 2.20. The van der Waals surface area contributed by atoms with E-state index >= 15 is 0 Å². The number of methoxy groups -OCH3 is 1. The van der Waals surface area contributed by atoms with Crippen LogP contribution in [0.15, 0.2) is 0 Å². The van der Waals surface area contributed by atoms with Crippen LogP contribution in [0.3, 0.4) is 0 Å². The van der Waals surface area contributed by atoms with Gasteiger partial charge in [0.15, 0.2) is 0 Å². The number of ether oxygens (including phenoxy) is 1. The molecular weight excluding hydrogens is 222 g/mol. The minimum atomic E-state index is -0.165. The Hall–Kier alpha value is -0.220. The summed E-state index contributed by atoms with van der Waals surface area (Å²) in [5, 5.41) is -0.165. The number of nitrogens with zero attached hydrogens (tertiary/aromatic N) is 1. The number of thiol groups is 1. The van der Waals surface area contributed by atoms with Gasteiger partial charge in [-0.3, -0.25) is 4.79 Å². The first kappa shape index (κ1) is 13.8. The lowest BCUT2D eigenvalue weighted by Gasteiger charge is -2.34. The summed E-state index contributed by atoms with van der Waals surface area (Å²) in [5.74, 6) is 0.966. The number of amides is 1. The fraction of sp³-hybridized carbons (Fsp3) is 0.917. The van der Waals surface area contributed by atoms with E-state index in [0.717, 1.165) is 32.5 Å². The lowest BCUT2D eigenvalue weighted by molar-refractivity contribution is -0.133. The maximum Gasteiger partial charge on any atom is 0.235 e. The SMILES string of the molecule is COCC1CCCN(C(=O)C(S)C(C)C)C1. The molecule has 1 aliphatic rings. The van der Waals surface area contributed by atoms with Crippen molar-refractivity contribution in [2.45, 2.75) is 31.9 Å². The van der Waals surface area contributed by atoms with E-state index in [1.54, 1.807) is 7.11 Å². The van der Waals surface area contributed by atoms with E-state index in [9.17, 15) is 4.79 Å². The molecule has 1 saturated heterocycles. The van der Waals surface area contributed by atoms with Gasteiger partial charge in [-0.2, -0.15) is 12.6 Å². The van der Waals surface area contributed by atoms with Crippen LogP contribution < -0.4 is 0 Å². The highest BCUT2D eigenvalue weighted by atomic mass is 32.1. The highest BCUT2D eigenvalue weighted by Gasteiger charge is 2.28. The molecule has 0 bridgehead atoms. The van der Waals surface area contributed by atoms with E-state index in [4.69, 9.17) is 4.74 Å². The van der Waals surface area contributed by atoms with Crippen LogP contribution in [0.25, 0.3) is 0 Å². The second-order valence-electron chi connectivity index (χ2n) is 4.94. The lowest BCUT2D eigenvalue weighted by atomic mass is 9.98. The standard InChI is InChI=1S/C12H23NO2S/c1-9(2)11(16)12(14)13-6-4-5-10(7-13)8-15-3/h9-11,16H,4-8H2,1-3H3. The molecule has 0 aromatic rings. The van der Waals surface area contributed by atoms with E-state index < -0.39 is 0 Å². The topological polar surface area (TPSA) is 29.5 Å². The molecule has 1 heterocycles. The van der Waals surface area contributed by atoms with E-state index in [0.29, 0.717) is 11.8 Å². The van der Waals surface area contributed by atoms with E-state index in [2.05, 4.69) is 12.6 Å². The van der Waals surface area contributed by atoms with Crippen molar-refractivity contribution >= 4 is 18.5 Å². The molecule has 0 aliphatic carbocycles. The van der Waals surface area contributed by atoms with E-state index in [1.165, 1.54) is 0 Å². The van der Waals surface area contributed by atoms with Crippen LogP contribution in [-0.2, 0) is 9.53 Å². The average Bonchev–Trinajstić information content (AvgIpc) is 2.28. The molecule has 2 atom stereocenters. The summed E-state index contributed by atoms with van der Waals surface area (Å²) in [5.41, 5.74) is 0. The van der Waals surface area contributed by atoms with Gasteiger partial charge in [0.2, 0.25) is 5.91 Å². The summed E-state index contributed by atoms with van der Waals surface area (Å²) in [6, 6.07) is 0. The van der Waals surface area contributed by atoms with Crippen LogP contribution in [0.2, 0.25) is 0 Å². The second kappa shape index (κ2) is 6.50. The largest absolute Gasteiger partial charge is 0.384 e. The number of rotatable bonds is 4. The molecule has 1 rings (SSSR count).